The third-order valence-electron chi connectivity index (χ3n) is 5.02. The standard InChI is InChI=1S/C19H25NO3/c1-19(2,3)23-18(21)20-9-15-14-6-4-5-13(12-7-8-12)16(14)11-22-17(15)10-20/h4-6,12,15,17H,7-11H2,1-3H3/t15-,17?/m0/s1. The summed E-state index contributed by atoms with van der Waals surface area (Å²) in [6.45, 7) is 7.73. The molecule has 2 aliphatic heterocycles. The Morgan fingerprint density at radius 3 is 2.65 bits per heavy atom. The summed E-state index contributed by atoms with van der Waals surface area (Å²) in [7, 11) is 0. The second-order valence-electron chi connectivity index (χ2n) is 8.03. The highest BCUT2D eigenvalue weighted by molar-refractivity contribution is 5.69. The predicted molar refractivity (Wildman–Crippen MR) is 87.5 cm³/mol. The summed E-state index contributed by atoms with van der Waals surface area (Å²) in [6.07, 6.45) is 2.48. The van der Waals surface area contributed by atoms with E-state index in [1.54, 1.807) is 4.90 Å². The molecule has 23 heavy (non-hydrogen) atoms. The van der Waals surface area contributed by atoms with Crippen molar-refractivity contribution in [2.45, 2.75) is 63.8 Å². The van der Waals surface area contributed by atoms with Gasteiger partial charge in [-0.1, -0.05) is 18.2 Å². The molecule has 0 N–H and O–H groups in total. The third kappa shape index (κ3) is 2.85. The van der Waals surface area contributed by atoms with Crippen molar-refractivity contribution in [2.75, 3.05) is 13.1 Å². The molecule has 3 aliphatic rings. The summed E-state index contributed by atoms with van der Waals surface area (Å²) in [4.78, 5) is 14.2. The fourth-order valence-electron chi connectivity index (χ4n) is 3.82. The maximum Gasteiger partial charge on any atom is 0.410 e. The van der Waals surface area contributed by atoms with Crippen molar-refractivity contribution in [1.82, 2.24) is 4.90 Å². The van der Waals surface area contributed by atoms with E-state index in [1.165, 1.54) is 29.5 Å². The van der Waals surface area contributed by atoms with E-state index >= 15 is 0 Å². The Bertz CT molecular complexity index is 630. The zero-order chi connectivity index (χ0) is 16.2. The van der Waals surface area contributed by atoms with Gasteiger partial charge in [0.2, 0.25) is 0 Å². The van der Waals surface area contributed by atoms with Crippen LogP contribution in [0.25, 0.3) is 0 Å². The molecule has 1 aromatic carbocycles. The summed E-state index contributed by atoms with van der Waals surface area (Å²) in [5.41, 5.74) is 3.78. The molecule has 1 saturated carbocycles. The summed E-state index contributed by atoms with van der Waals surface area (Å²) in [5, 5.41) is 0. The average molecular weight is 315 g/mol. The van der Waals surface area contributed by atoms with Gasteiger partial charge in [-0.25, -0.2) is 4.79 Å². The zero-order valence-electron chi connectivity index (χ0n) is 14.2. The zero-order valence-corrected chi connectivity index (χ0v) is 14.2. The van der Waals surface area contributed by atoms with Crippen molar-refractivity contribution >= 4 is 6.09 Å². The number of rotatable bonds is 1. The molecule has 2 heterocycles. The first-order chi connectivity index (χ1) is 10.9. The van der Waals surface area contributed by atoms with E-state index in [9.17, 15) is 4.79 Å². The molecule has 2 atom stereocenters. The summed E-state index contributed by atoms with van der Waals surface area (Å²) in [6, 6.07) is 6.64. The SMILES string of the molecule is CC(C)(C)OC(=O)N1CC2OCc3c(C4CC4)cccc3[C@@H]2C1. The van der Waals surface area contributed by atoms with Crippen LogP contribution in [0.4, 0.5) is 4.79 Å². The van der Waals surface area contributed by atoms with Crippen molar-refractivity contribution in [1.29, 1.82) is 0 Å². The highest BCUT2D eigenvalue weighted by Gasteiger charge is 2.42. The smallest absolute Gasteiger partial charge is 0.410 e. The van der Waals surface area contributed by atoms with Crippen LogP contribution in [-0.4, -0.2) is 35.8 Å². The second kappa shape index (κ2) is 5.23. The number of ether oxygens (including phenoxy) is 2. The number of carbonyl (C=O) groups excluding carboxylic acids is 1. The molecule has 0 radical (unpaired) electrons. The number of nitrogens with zero attached hydrogens (tertiary/aromatic N) is 1. The van der Waals surface area contributed by atoms with Crippen LogP contribution in [0.15, 0.2) is 18.2 Å². The molecule has 4 nitrogen and oxygen atoms in total. The highest BCUT2D eigenvalue weighted by Crippen LogP contribution is 2.46. The van der Waals surface area contributed by atoms with Crippen molar-refractivity contribution in [3.63, 3.8) is 0 Å². The fourth-order valence-corrected chi connectivity index (χ4v) is 3.82. The van der Waals surface area contributed by atoms with E-state index < -0.39 is 5.60 Å². The van der Waals surface area contributed by atoms with E-state index in [1.807, 2.05) is 20.8 Å². The summed E-state index contributed by atoms with van der Waals surface area (Å²) < 4.78 is 11.6. The lowest BCUT2D eigenvalue weighted by Gasteiger charge is -2.29. The Labute approximate surface area is 137 Å². The number of carbonyl (C=O) groups is 1. The van der Waals surface area contributed by atoms with Gasteiger partial charge in [-0.05, 0) is 56.2 Å². The van der Waals surface area contributed by atoms with Crippen LogP contribution in [0.1, 0.15) is 62.1 Å². The number of hydrogen-bond donors (Lipinski definition) is 0. The minimum Gasteiger partial charge on any atom is -0.444 e. The van der Waals surface area contributed by atoms with Crippen molar-refractivity contribution in [3.05, 3.63) is 34.9 Å². The lowest BCUT2D eigenvalue weighted by Crippen LogP contribution is -2.36. The van der Waals surface area contributed by atoms with Gasteiger partial charge >= 0.3 is 6.09 Å². The summed E-state index contributed by atoms with van der Waals surface area (Å²) in [5.74, 6) is 1.01. The molecule has 2 fully saturated rings. The van der Waals surface area contributed by atoms with Gasteiger partial charge in [0.05, 0.1) is 19.3 Å². The van der Waals surface area contributed by atoms with Crippen LogP contribution in [-0.2, 0) is 16.1 Å². The third-order valence-corrected chi connectivity index (χ3v) is 5.02. The maximum atomic E-state index is 12.3. The molecule has 4 heteroatoms. The molecule has 1 unspecified atom stereocenters. The molecule has 1 aliphatic carbocycles. The molecular formula is C19H25NO3. The first-order valence-electron chi connectivity index (χ1n) is 8.63. The van der Waals surface area contributed by atoms with Gasteiger partial charge in [0.25, 0.3) is 0 Å². The topological polar surface area (TPSA) is 38.8 Å². The van der Waals surface area contributed by atoms with Crippen molar-refractivity contribution in [3.8, 4) is 0 Å². The van der Waals surface area contributed by atoms with Crippen LogP contribution in [0.2, 0.25) is 0 Å². The van der Waals surface area contributed by atoms with E-state index in [2.05, 4.69) is 18.2 Å². The maximum absolute atomic E-state index is 12.3. The Hall–Kier alpha value is -1.55. The summed E-state index contributed by atoms with van der Waals surface area (Å²) >= 11 is 0. The lowest BCUT2D eigenvalue weighted by atomic mass is 9.86. The van der Waals surface area contributed by atoms with E-state index in [4.69, 9.17) is 9.47 Å². The van der Waals surface area contributed by atoms with Crippen LogP contribution in [0.3, 0.4) is 0 Å². The van der Waals surface area contributed by atoms with Gasteiger partial charge in [-0.3, -0.25) is 0 Å². The largest absolute Gasteiger partial charge is 0.444 e. The second-order valence-corrected chi connectivity index (χ2v) is 8.03. The molecule has 1 amide bonds. The Morgan fingerprint density at radius 1 is 1.22 bits per heavy atom. The molecule has 1 saturated heterocycles. The van der Waals surface area contributed by atoms with Gasteiger partial charge < -0.3 is 14.4 Å². The van der Waals surface area contributed by atoms with Crippen LogP contribution >= 0.6 is 0 Å². The Balaban J connectivity index is 1.56. The predicted octanol–water partition coefficient (Wildman–Crippen LogP) is 3.80. The molecule has 1 aromatic rings. The lowest BCUT2D eigenvalue weighted by molar-refractivity contribution is 0.0124. The normalized spacial score (nSPS) is 26.7. The van der Waals surface area contributed by atoms with E-state index in [-0.39, 0.29) is 18.1 Å². The first-order valence-corrected chi connectivity index (χ1v) is 8.63. The molecule has 124 valence electrons. The van der Waals surface area contributed by atoms with Crippen LogP contribution in [0.5, 0.6) is 0 Å². The number of hydrogen-bond acceptors (Lipinski definition) is 3. The van der Waals surface area contributed by atoms with Gasteiger partial charge in [0.1, 0.15) is 5.60 Å². The first kappa shape index (κ1) is 15.0. The monoisotopic (exact) mass is 315 g/mol. The number of amides is 1. The van der Waals surface area contributed by atoms with Crippen LogP contribution in [0, 0.1) is 0 Å². The van der Waals surface area contributed by atoms with Crippen molar-refractivity contribution < 1.29 is 14.3 Å². The molecule has 0 spiro atoms. The van der Waals surface area contributed by atoms with Crippen LogP contribution < -0.4 is 0 Å². The van der Waals surface area contributed by atoms with Crippen molar-refractivity contribution in [2.24, 2.45) is 0 Å². The minimum atomic E-state index is -0.456. The van der Waals surface area contributed by atoms with E-state index in [0.717, 1.165) is 5.92 Å². The number of benzene rings is 1. The molecular weight excluding hydrogens is 290 g/mol. The van der Waals surface area contributed by atoms with Gasteiger partial charge in [-0.15, -0.1) is 0 Å². The van der Waals surface area contributed by atoms with Gasteiger partial charge in [0.15, 0.2) is 0 Å². The highest BCUT2D eigenvalue weighted by atomic mass is 16.6. The number of likely N-dealkylation sites (tertiary alicyclic amines) is 1. The molecule has 0 aromatic heterocycles. The Kier molecular flexibility index (Phi) is 3.41. The molecule has 4 rings (SSSR count). The van der Waals surface area contributed by atoms with Gasteiger partial charge in [-0.2, -0.15) is 0 Å². The average Bonchev–Trinajstić information content (AvgIpc) is 3.22. The number of fused-ring (bicyclic) bond motifs is 3. The Morgan fingerprint density at radius 2 is 1.96 bits per heavy atom. The van der Waals surface area contributed by atoms with Gasteiger partial charge in [0, 0.05) is 12.5 Å². The molecule has 0 bridgehead atoms. The van der Waals surface area contributed by atoms with E-state index in [0.29, 0.717) is 19.7 Å². The fraction of sp³-hybridized carbons (Fsp3) is 0.632. The minimum absolute atomic E-state index is 0.101. The quantitative estimate of drug-likeness (QED) is 0.791.